The number of Topliss-reactive ketones (excluding diaryl/α,β-unsaturated/α-hetero) is 2. The molecule has 2 aromatic carbocycles. The SMILES string of the molecule is CC(=O)[C@@H]1C(=O)c2c(cccc2[N+](=O)[O-])C1=Nc1cccc(F)c1. The summed E-state index contributed by atoms with van der Waals surface area (Å²) in [5.41, 5.74) is 0.0740. The molecule has 7 heteroatoms. The van der Waals surface area contributed by atoms with Gasteiger partial charge in [0.1, 0.15) is 23.1 Å². The third kappa shape index (κ3) is 2.50. The molecule has 0 saturated carbocycles. The predicted molar refractivity (Wildman–Crippen MR) is 84.2 cm³/mol. The van der Waals surface area contributed by atoms with Crippen LogP contribution in [0.5, 0.6) is 0 Å². The van der Waals surface area contributed by atoms with Gasteiger partial charge in [-0.15, -0.1) is 0 Å². The number of hydrogen-bond donors (Lipinski definition) is 0. The average molecular weight is 326 g/mol. The van der Waals surface area contributed by atoms with Crippen molar-refractivity contribution in [2.45, 2.75) is 6.92 Å². The number of nitrogens with zero attached hydrogens (tertiary/aromatic N) is 2. The van der Waals surface area contributed by atoms with Gasteiger partial charge in [-0.05, 0) is 25.1 Å². The lowest BCUT2D eigenvalue weighted by atomic mass is 9.99. The Kier molecular flexibility index (Phi) is 3.76. The second-order valence-electron chi connectivity index (χ2n) is 5.34. The highest BCUT2D eigenvalue weighted by Gasteiger charge is 2.43. The van der Waals surface area contributed by atoms with Crippen molar-refractivity contribution < 1.29 is 18.9 Å². The second-order valence-corrected chi connectivity index (χ2v) is 5.34. The smallest absolute Gasteiger partial charge is 0.280 e. The summed E-state index contributed by atoms with van der Waals surface area (Å²) in [5.74, 6) is -2.86. The molecule has 6 nitrogen and oxygen atoms in total. The van der Waals surface area contributed by atoms with Crippen LogP contribution in [0.15, 0.2) is 47.5 Å². The first-order valence-electron chi connectivity index (χ1n) is 7.06. The molecule has 0 aromatic heterocycles. The summed E-state index contributed by atoms with van der Waals surface area (Å²) >= 11 is 0. The Hall–Kier alpha value is -3.22. The van der Waals surface area contributed by atoms with E-state index in [4.69, 9.17) is 0 Å². The molecule has 0 radical (unpaired) electrons. The molecule has 0 spiro atoms. The van der Waals surface area contributed by atoms with Crippen LogP contribution < -0.4 is 0 Å². The number of carbonyl (C=O) groups excluding carboxylic acids is 2. The molecule has 24 heavy (non-hydrogen) atoms. The summed E-state index contributed by atoms with van der Waals surface area (Å²) in [6.45, 7) is 1.22. The maximum atomic E-state index is 13.3. The largest absolute Gasteiger partial charge is 0.299 e. The topological polar surface area (TPSA) is 89.6 Å². The highest BCUT2D eigenvalue weighted by molar-refractivity contribution is 6.38. The van der Waals surface area contributed by atoms with E-state index in [1.54, 1.807) is 0 Å². The summed E-state index contributed by atoms with van der Waals surface area (Å²) in [6, 6.07) is 9.50. The van der Waals surface area contributed by atoms with Crippen molar-refractivity contribution >= 4 is 28.7 Å². The van der Waals surface area contributed by atoms with Crippen molar-refractivity contribution in [3.8, 4) is 0 Å². The van der Waals surface area contributed by atoms with Crippen LogP contribution in [0.25, 0.3) is 0 Å². The molecule has 0 fully saturated rings. The van der Waals surface area contributed by atoms with Crippen LogP contribution in [0.2, 0.25) is 0 Å². The third-order valence-electron chi connectivity index (χ3n) is 3.76. The van der Waals surface area contributed by atoms with Gasteiger partial charge in [0.25, 0.3) is 5.69 Å². The van der Waals surface area contributed by atoms with Crippen LogP contribution in [0, 0.1) is 21.8 Å². The first kappa shape index (κ1) is 15.7. The zero-order valence-electron chi connectivity index (χ0n) is 12.5. The standard InChI is InChI=1S/C17H11FN2O4/c1-9(21)14-16(19-11-5-2-4-10(18)8-11)12-6-3-7-13(20(23)24)15(12)17(14)22/h2-8,14H,1H3/t14-/m0/s1. The summed E-state index contributed by atoms with van der Waals surface area (Å²) in [7, 11) is 0. The Labute approximate surface area is 135 Å². The molecular formula is C17H11FN2O4. The van der Waals surface area contributed by atoms with Crippen LogP contribution in [0.3, 0.4) is 0 Å². The van der Waals surface area contributed by atoms with E-state index in [9.17, 15) is 24.1 Å². The quantitative estimate of drug-likeness (QED) is 0.492. The lowest BCUT2D eigenvalue weighted by Crippen LogP contribution is -2.23. The Bertz CT molecular complexity index is 921. The fourth-order valence-electron chi connectivity index (χ4n) is 2.78. The van der Waals surface area contributed by atoms with E-state index < -0.39 is 28.2 Å². The number of hydrogen-bond acceptors (Lipinski definition) is 5. The molecule has 120 valence electrons. The molecule has 0 amide bonds. The molecule has 0 saturated heterocycles. The van der Waals surface area contributed by atoms with Crippen LogP contribution in [0.1, 0.15) is 22.8 Å². The number of rotatable bonds is 3. The molecule has 1 atom stereocenters. The average Bonchev–Trinajstić information content (AvgIpc) is 2.80. The Balaban J connectivity index is 2.26. The lowest BCUT2D eigenvalue weighted by molar-refractivity contribution is -0.385. The van der Waals surface area contributed by atoms with Gasteiger partial charge in [-0.3, -0.25) is 24.7 Å². The van der Waals surface area contributed by atoms with Gasteiger partial charge in [-0.25, -0.2) is 4.39 Å². The number of halogens is 1. The molecule has 0 bridgehead atoms. The van der Waals surface area contributed by atoms with Crippen molar-refractivity contribution in [1.29, 1.82) is 0 Å². The molecule has 3 rings (SSSR count). The van der Waals surface area contributed by atoms with Gasteiger partial charge in [-0.2, -0.15) is 0 Å². The van der Waals surface area contributed by atoms with Gasteiger partial charge in [0.05, 0.1) is 16.3 Å². The zero-order valence-corrected chi connectivity index (χ0v) is 12.5. The maximum absolute atomic E-state index is 13.3. The Morgan fingerprint density at radius 2 is 1.96 bits per heavy atom. The molecule has 1 aliphatic carbocycles. The second kappa shape index (κ2) is 5.77. The minimum atomic E-state index is -1.22. The third-order valence-corrected chi connectivity index (χ3v) is 3.76. The first-order chi connectivity index (χ1) is 11.4. The summed E-state index contributed by atoms with van der Waals surface area (Å²) in [6.07, 6.45) is 0. The van der Waals surface area contributed by atoms with Crippen molar-refractivity contribution in [2.75, 3.05) is 0 Å². The Morgan fingerprint density at radius 1 is 1.25 bits per heavy atom. The van der Waals surface area contributed by atoms with Crippen LogP contribution in [-0.2, 0) is 4.79 Å². The first-order valence-corrected chi connectivity index (χ1v) is 7.06. The van der Waals surface area contributed by atoms with E-state index in [0.29, 0.717) is 0 Å². The summed E-state index contributed by atoms with van der Waals surface area (Å²) in [5, 5.41) is 11.2. The summed E-state index contributed by atoms with van der Waals surface area (Å²) in [4.78, 5) is 39.2. The monoisotopic (exact) mass is 326 g/mol. The van der Waals surface area contributed by atoms with E-state index >= 15 is 0 Å². The number of ketones is 2. The van der Waals surface area contributed by atoms with Gasteiger partial charge in [0, 0.05) is 11.6 Å². The number of carbonyl (C=O) groups is 2. The number of benzene rings is 2. The highest BCUT2D eigenvalue weighted by Crippen LogP contribution is 2.35. The van der Waals surface area contributed by atoms with E-state index in [0.717, 1.165) is 6.07 Å². The van der Waals surface area contributed by atoms with E-state index in [1.807, 2.05) is 0 Å². The minimum absolute atomic E-state index is 0.108. The van der Waals surface area contributed by atoms with Crippen molar-refractivity contribution in [3.63, 3.8) is 0 Å². The lowest BCUT2D eigenvalue weighted by Gasteiger charge is -2.06. The predicted octanol–water partition coefficient (Wildman–Crippen LogP) is 3.26. The van der Waals surface area contributed by atoms with E-state index in [-0.39, 0.29) is 28.2 Å². The fraction of sp³-hybridized carbons (Fsp3) is 0.118. The van der Waals surface area contributed by atoms with Gasteiger partial charge < -0.3 is 0 Å². The number of nitro benzene ring substituents is 1. The number of nitro groups is 1. The minimum Gasteiger partial charge on any atom is -0.299 e. The van der Waals surface area contributed by atoms with Crippen molar-refractivity contribution in [3.05, 3.63) is 69.5 Å². The number of aliphatic imine (C=N–C) groups is 1. The highest BCUT2D eigenvalue weighted by atomic mass is 19.1. The molecule has 0 N–H and O–H groups in total. The molecule has 1 aliphatic rings. The maximum Gasteiger partial charge on any atom is 0.280 e. The van der Waals surface area contributed by atoms with Crippen LogP contribution >= 0.6 is 0 Å². The molecule has 0 unspecified atom stereocenters. The molecule has 0 aliphatic heterocycles. The van der Waals surface area contributed by atoms with Gasteiger partial charge >= 0.3 is 0 Å². The van der Waals surface area contributed by atoms with Gasteiger partial charge in [0.15, 0.2) is 5.78 Å². The van der Waals surface area contributed by atoms with Crippen LogP contribution in [0.4, 0.5) is 15.8 Å². The molecule has 2 aromatic rings. The Morgan fingerprint density at radius 3 is 2.58 bits per heavy atom. The van der Waals surface area contributed by atoms with Gasteiger partial charge in [0.2, 0.25) is 0 Å². The fourth-order valence-corrected chi connectivity index (χ4v) is 2.78. The van der Waals surface area contributed by atoms with E-state index in [2.05, 4.69) is 4.99 Å². The number of fused-ring (bicyclic) bond motifs is 1. The van der Waals surface area contributed by atoms with E-state index in [1.165, 1.54) is 43.3 Å². The normalized spacial score (nSPS) is 17.8. The molecular weight excluding hydrogens is 315 g/mol. The molecule has 0 heterocycles. The summed E-state index contributed by atoms with van der Waals surface area (Å²) < 4.78 is 13.3. The zero-order chi connectivity index (χ0) is 17.4. The van der Waals surface area contributed by atoms with Crippen molar-refractivity contribution in [1.82, 2.24) is 0 Å². The van der Waals surface area contributed by atoms with Gasteiger partial charge in [-0.1, -0.05) is 18.2 Å². The van der Waals surface area contributed by atoms with Crippen LogP contribution in [-0.4, -0.2) is 22.2 Å². The van der Waals surface area contributed by atoms with Crippen molar-refractivity contribution in [2.24, 2.45) is 10.9 Å².